The molecule has 0 spiro atoms. The summed E-state index contributed by atoms with van der Waals surface area (Å²) in [6, 6.07) is 6.01. The first kappa shape index (κ1) is 26.5. The van der Waals surface area contributed by atoms with Crippen LogP contribution in [-0.2, 0) is 19.6 Å². The van der Waals surface area contributed by atoms with E-state index in [0.717, 1.165) is 33.9 Å². The minimum absolute atomic E-state index is 0.0366. The minimum atomic E-state index is -3.89. The number of rotatable bonds is 10. The molecular formula is C22H29ClN4O5S3. The monoisotopic (exact) mass is 560 g/mol. The molecule has 3 N–H and O–H groups in total. The molecule has 4 rings (SSSR count). The van der Waals surface area contributed by atoms with E-state index < -0.39 is 16.1 Å². The van der Waals surface area contributed by atoms with Crippen LogP contribution in [0.4, 0.5) is 0 Å². The molecule has 2 atom stereocenters. The highest BCUT2D eigenvalue weighted by Gasteiger charge is 2.36. The smallest absolute Gasteiger partial charge is 0.250 e. The van der Waals surface area contributed by atoms with E-state index in [-0.39, 0.29) is 35.2 Å². The molecule has 2 saturated heterocycles. The van der Waals surface area contributed by atoms with Crippen LogP contribution in [0.25, 0.3) is 9.75 Å². The average Bonchev–Trinajstić information content (AvgIpc) is 3.57. The van der Waals surface area contributed by atoms with Crippen LogP contribution in [0, 0.1) is 0 Å². The number of nitrogens with one attached hydrogen (secondary N) is 2. The number of thiophene rings is 2. The van der Waals surface area contributed by atoms with Gasteiger partial charge >= 0.3 is 0 Å². The molecule has 2 amide bonds. The second-order valence-electron chi connectivity index (χ2n) is 8.61. The third kappa shape index (κ3) is 6.43. The number of carbonyl (C=O) groups is 2. The molecule has 2 fully saturated rings. The predicted octanol–water partition coefficient (Wildman–Crippen LogP) is 1.97. The summed E-state index contributed by atoms with van der Waals surface area (Å²) in [6.07, 6.45) is 2.77. The molecule has 2 aromatic rings. The van der Waals surface area contributed by atoms with Crippen molar-refractivity contribution in [1.82, 2.24) is 19.8 Å². The lowest BCUT2D eigenvalue weighted by Gasteiger charge is -2.34. The Kier molecular flexibility index (Phi) is 8.85. The van der Waals surface area contributed by atoms with Gasteiger partial charge in [-0.15, -0.1) is 22.7 Å². The fourth-order valence-corrected chi connectivity index (χ4v) is 8.15. The van der Waals surface area contributed by atoms with E-state index in [9.17, 15) is 18.0 Å². The molecule has 2 unspecified atom stereocenters. The maximum Gasteiger partial charge on any atom is 0.250 e. The molecule has 4 heterocycles. The third-order valence-electron chi connectivity index (χ3n) is 6.18. The average molecular weight is 561 g/mol. The lowest BCUT2D eigenvalue weighted by molar-refractivity contribution is -0.143. The molecule has 2 aliphatic heterocycles. The van der Waals surface area contributed by atoms with Gasteiger partial charge < -0.3 is 20.2 Å². The number of carbonyl (C=O) groups excluding carboxylic acids is 2. The van der Waals surface area contributed by atoms with Gasteiger partial charge in [0.25, 0.3) is 10.0 Å². The van der Waals surface area contributed by atoms with Crippen molar-refractivity contribution >= 4 is 56.1 Å². The van der Waals surface area contributed by atoms with Crippen LogP contribution in [0.15, 0.2) is 28.5 Å². The molecule has 9 nitrogen and oxygen atoms in total. The van der Waals surface area contributed by atoms with Crippen LogP contribution in [0.3, 0.4) is 0 Å². The Morgan fingerprint density at radius 1 is 1.11 bits per heavy atom. The van der Waals surface area contributed by atoms with Gasteiger partial charge in [-0.3, -0.25) is 9.59 Å². The summed E-state index contributed by atoms with van der Waals surface area (Å²) in [4.78, 5) is 31.0. The highest BCUT2D eigenvalue weighted by atomic mass is 35.5. The van der Waals surface area contributed by atoms with Crippen molar-refractivity contribution in [3.05, 3.63) is 28.6 Å². The third-order valence-corrected chi connectivity index (χ3v) is 10.7. The van der Waals surface area contributed by atoms with Crippen molar-refractivity contribution in [3.8, 4) is 9.75 Å². The summed E-state index contributed by atoms with van der Waals surface area (Å²) in [5.74, 6) is -0.503. The van der Waals surface area contributed by atoms with Crippen molar-refractivity contribution in [2.75, 3.05) is 39.3 Å². The number of sulfonamides is 1. The number of amides is 2. The number of hydrogen-bond acceptors (Lipinski definition) is 8. The standard InChI is InChI=1S/C22H29ClN4O5S3/c23-19-7-5-17(33-19)18-6-8-21(34-18)35(31,32)25-16-4-2-10-26(22(16)30)14-20(29)27-11-1-3-15(27)13-24-9-12-28/h5-8,15-16,24-25,28H,1-4,9-14H2. The summed E-state index contributed by atoms with van der Waals surface area (Å²) >= 11 is 8.49. The number of hydrogen-bond donors (Lipinski definition) is 3. The molecule has 2 aromatic heterocycles. The van der Waals surface area contributed by atoms with Crippen LogP contribution < -0.4 is 10.0 Å². The number of aliphatic hydroxyl groups is 1. The topological polar surface area (TPSA) is 119 Å². The Hall–Kier alpha value is -1.54. The summed E-state index contributed by atoms with van der Waals surface area (Å²) in [7, 11) is -3.89. The number of likely N-dealkylation sites (tertiary alicyclic amines) is 2. The zero-order chi connectivity index (χ0) is 25.0. The fraction of sp³-hybridized carbons (Fsp3) is 0.545. The second-order valence-corrected chi connectivity index (χ2v) is 13.3. The van der Waals surface area contributed by atoms with E-state index in [1.807, 2.05) is 6.07 Å². The normalized spacial score (nSPS) is 21.1. The van der Waals surface area contributed by atoms with Gasteiger partial charge in [-0.1, -0.05) is 11.6 Å². The maximum atomic E-state index is 13.1. The number of halogens is 1. The quantitative estimate of drug-likeness (QED) is 0.382. The largest absolute Gasteiger partial charge is 0.395 e. The SMILES string of the molecule is O=C1C(NS(=O)(=O)c2ccc(-c3ccc(Cl)s3)s2)CCCN1CC(=O)N1CCCC1CNCCO. The van der Waals surface area contributed by atoms with Crippen molar-refractivity contribution in [1.29, 1.82) is 0 Å². The lowest BCUT2D eigenvalue weighted by atomic mass is 10.1. The van der Waals surface area contributed by atoms with Crippen LogP contribution >= 0.6 is 34.3 Å². The Morgan fingerprint density at radius 2 is 1.86 bits per heavy atom. The number of aliphatic hydroxyl groups excluding tert-OH is 1. The Labute approximate surface area is 218 Å². The predicted molar refractivity (Wildman–Crippen MR) is 137 cm³/mol. The van der Waals surface area contributed by atoms with Crippen molar-refractivity contribution in [2.24, 2.45) is 0 Å². The van der Waals surface area contributed by atoms with Gasteiger partial charge in [0.15, 0.2) is 0 Å². The van der Waals surface area contributed by atoms with Gasteiger partial charge in [-0.2, -0.15) is 4.72 Å². The Balaban J connectivity index is 1.37. The van der Waals surface area contributed by atoms with Gasteiger partial charge in [-0.05, 0) is 49.9 Å². The second kappa shape index (κ2) is 11.7. The molecule has 0 aromatic carbocycles. The molecular weight excluding hydrogens is 532 g/mol. The van der Waals surface area contributed by atoms with Gasteiger partial charge in [0.1, 0.15) is 10.3 Å². The molecule has 0 bridgehead atoms. The van der Waals surface area contributed by atoms with E-state index in [0.29, 0.717) is 43.4 Å². The zero-order valence-electron chi connectivity index (χ0n) is 19.1. The van der Waals surface area contributed by atoms with Crippen molar-refractivity contribution < 1.29 is 23.1 Å². The van der Waals surface area contributed by atoms with Crippen molar-refractivity contribution in [2.45, 2.75) is 42.0 Å². The first-order chi connectivity index (χ1) is 16.8. The molecule has 0 radical (unpaired) electrons. The highest BCUT2D eigenvalue weighted by molar-refractivity contribution is 7.91. The minimum Gasteiger partial charge on any atom is -0.395 e. The van der Waals surface area contributed by atoms with Crippen molar-refractivity contribution in [3.63, 3.8) is 0 Å². The van der Waals surface area contributed by atoms with Crippen LogP contribution in [0.1, 0.15) is 25.7 Å². The molecule has 2 aliphatic rings. The number of piperidine rings is 1. The van der Waals surface area contributed by atoms with E-state index >= 15 is 0 Å². The molecule has 0 aliphatic carbocycles. The lowest BCUT2D eigenvalue weighted by Crippen LogP contribution is -2.55. The van der Waals surface area contributed by atoms with E-state index in [1.54, 1.807) is 17.0 Å². The first-order valence-electron chi connectivity index (χ1n) is 11.6. The molecule has 13 heteroatoms. The van der Waals surface area contributed by atoms with Gasteiger partial charge in [0.05, 0.1) is 17.5 Å². The molecule has 192 valence electrons. The maximum absolute atomic E-state index is 13.1. The fourth-order valence-electron chi connectivity index (χ4n) is 4.47. The van der Waals surface area contributed by atoms with Gasteiger partial charge in [0, 0.05) is 42.0 Å². The molecule has 0 saturated carbocycles. The van der Waals surface area contributed by atoms with E-state index in [1.165, 1.54) is 22.3 Å². The Morgan fingerprint density at radius 3 is 2.60 bits per heavy atom. The highest BCUT2D eigenvalue weighted by Crippen LogP contribution is 2.36. The van der Waals surface area contributed by atoms with Crippen LogP contribution in [0.2, 0.25) is 4.34 Å². The summed E-state index contributed by atoms with van der Waals surface area (Å²) in [5.41, 5.74) is 0. The summed E-state index contributed by atoms with van der Waals surface area (Å²) in [5, 5.41) is 12.1. The van der Waals surface area contributed by atoms with Gasteiger partial charge in [-0.25, -0.2) is 8.42 Å². The first-order valence-corrected chi connectivity index (χ1v) is 15.1. The zero-order valence-corrected chi connectivity index (χ0v) is 22.3. The molecule has 35 heavy (non-hydrogen) atoms. The van der Waals surface area contributed by atoms with E-state index in [4.69, 9.17) is 16.7 Å². The van der Waals surface area contributed by atoms with E-state index in [2.05, 4.69) is 10.0 Å². The van der Waals surface area contributed by atoms with Gasteiger partial charge in [0.2, 0.25) is 11.8 Å². The Bertz CT molecular complexity index is 1150. The summed E-state index contributed by atoms with van der Waals surface area (Å²) < 4.78 is 29.3. The number of nitrogens with zero attached hydrogens (tertiary/aromatic N) is 2. The van der Waals surface area contributed by atoms with Crippen LogP contribution in [0.5, 0.6) is 0 Å². The van der Waals surface area contributed by atoms with Crippen LogP contribution in [-0.4, -0.2) is 86.6 Å². The summed E-state index contributed by atoms with van der Waals surface area (Å²) in [6.45, 7) is 2.11.